The van der Waals surface area contributed by atoms with E-state index in [-0.39, 0.29) is 24.1 Å². The monoisotopic (exact) mass is 563 g/mol. The van der Waals surface area contributed by atoms with Gasteiger partial charge in [-0.15, -0.1) is 10.2 Å². The van der Waals surface area contributed by atoms with Crippen LogP contribution in [-0.4, -0.2) is 32.3 Å². The van der Waals surface area contributed by atoms with Crippen molar-refractivity contribution in [2.75, 3.05) is 11.1 Å². The molecule has 9 heteroatoms. The number of thioether (sulfide) groups is 1. The van der Waals surface area contributed by atoms with Gasteiger partial charge in [-0.3, -0.25) is 14.2 Å². The lowest BCUT2D eigenvalue weighted by Gasteiger charge is -2.12. The van der Waals surface area contributed by atoms with E-state index in [2.05, 4.69) is 36.8 Å². The first kappa shape index (κ1) is 25.7. The number of hydrogen-bond acceptors (Lipinski definition) is 5. The molecule has 0 aliphatic rings. The number of carbonyl (C=O) groups is 2. The SMILES string of the molecule is Cc1cccc(C(=O)NCc2nnc(SCC(=O)Nc3cc(C)ccc3C)n2-c2ccc(Br)cc2)c1. The van der Waals surface area contributed by atoms with Crippen LogP contribution < -0.4 is 10.6 Å². The Labute approximate surface area is 222 Å². The molecule has 0 saturated carbocycles. The Kier molecular flexibility index (Phi) is 8.22. The molecule has 0 spiro atoms. The highest BCUT2D eigenvalue weighted by Gasteiger charge is 2.17. The van der Waals surface area contributed by atoms with E-state index < -0.39 is 0 Å². The molecular formula is C27H26BrN5O2S. The molecule has 0 saturated heterocycles. The number of nitrogens with one attached hydrogen (secondary N) is 2. The van der Waals surface area contributed by atoms with Crippen LogP contribution in [0.1, 0.15) is 32.9 Å². The van der Waals surface area contributed by atoms with Crippen LogP contribution in [0.4, 0.5) is 5.69 Å². The zero-order valence-corrected chi connectivity index (χ0v) is 22.6. The summed E-state index contributed by atoms with van der Waals surface area (Å²) in [4.78, 5) is 25.4. The number of halogens is 1. The average molecular weight is 565 g/mol. The second kappa shape index (κ2) is 11.5. The van der Waals surface area contributed by atoms with Crippen molar-refractivity contribution in [1.29, 1.82) is 0 Å². The van der Waals surface area contributed by atoms with Gasteiger partial charge in [0.05, 0.1) is 12.3 Å². The molecule has 3 aromatic carbocycles. The van der Waals surface area contributed by atoms with Gasteiger partial charge in [-0.25, -0.2) is 0 Å². The first-order valence-electron chi connectivity index (χ1n) is 11.3. The van der Waals surface area contributed by atoms with Gasteiger partial charge in [0.15, 0.2) is 11.0 Å². The van der Waals surface area contributed by atoms with E-state index in [1.54, 1.807) is 6.07 Å². The molecule has 0 radical (unpaired) electrons. The first-order valence-corrected chi connectivity index (χ1v) is 13.1. The average Bonchev–Trinajstić information content (AvgIpc) is 3.26. The predicted molar refractivity (Wildman–Crippen MR) is 147 cm³/mol. The van der Waals surface area contributed by atoms with Crippen LogP contribution in [0.2, 0.25) is 0 Å². The van der Waals surface area contributed by atoms with Crippen molar-refractivity contribution in [2.24, 2.45) is 0 Å². The third kappa shape index (κ3) is 6.41. The smallest absolute Gasteiger partial charge is 0.251 e. The van der Waals surface area contributed by atoms with Crippen molar-refractivity contribution in [2.45, 2.75) is 32.5 Å². The number of hydrogen-bond donors (Lipinski definition) is 2. The van der Waals surface area contributed by atoms with Gasteiger partial charge >= 0.3 is 0 Å². The Hall–Kier alpha value is -3.43. The molecule has 0 atom stereocenters. The number of amides is 2. The van der Waals surface area contributed by atoms with E-state index in [4.69, 9.17) is 0 Å². The fraction of sp³-hybridized carbons (Fsp3) is 0.185. The van der Waals surface area contributed by atoms with Crippen molar-refractivity contribution in [1.82, 2.24) is 20.1 Å². The summed E-state index contributed by atoms with van der Waals surface area (Å²) in [5, 5.41) is 15.1. The van der Waals surface area contributed by atoms with Gasteiger partial charge in [0.25, 0.3) is 5.91 Å². The molecule has 184 valence electrons. The fourth-order valence-corrected chi connectivity index (χ4v) is 4.63. The van der Waals surface area contributed by atoms with Crippen LogP contribution in [0.5, 0.6) is 0 Å². The summed E-state index contributed by atoms with van der Waals surface area (Å²) >= 11 is 4.75. The number of nitrogens with zero attached hydrogens (tertiary/aromatic N) is 3. The van der Waals surface area contributed by atoms with Crippen molar-refractivity contribution in [3.63, 3.8) is 0 Å². The first-order chi connectivity index (χ1) is 17.3. The lowest BCUT2D eigenvalue weighted by atomic mass is 10.1. The maximum Gasteiger partial charge on any atom is 0.251 e. The van der Waals surface area contributed by atoms with E-state index in [0.717, 1.165) is 32.5 Å². The van der Waals surface area contributed by atoms with Crippen LogP contribution in [-0.2, 0) is 11.3 Å². The highest BCUT2D eigenvalue weighted by atomic mass is 79.9. The van der Waals surface area contributed by atoms with Gasteiger partial charge in [0, 0.05) is 21.4 Å². The van der Waals surface area contributed by atoms with Gasteiger partial charge in [-0.05, 0) is 74.4 Å². The van der Waals surface area contributed by atoms with Crippen LogP contribution in [0.3, 0.4) is 0 Å². The Morgan fingerprint density at radius 1 is 0.944 bits per heavy atom. The highest BCUT2D eigenvalue weighted by molar-refractivity contribution is 9.10. The molecule has 0 aliphatic heterocycles. The Morgan fingerprint density at radius 3 is 2.44 bits per heavy atom. The minimum absolute atomic E-state index is 0.131. The predicted octanol–water partition coefficient (Wildman–Crippen LogP) is 5.62. The zero-order chi connectivity index (χ0) is 25.7. The Bertz CT molecular complexity index is 1400. The molecule has 4 rings (SSSR count). The van der Waals surface area contributed by atoms with Crippen molar-refractivity contribution in [3.05, 3.63) is 99.3 Å². The fourth-order valence-electron chi connectivity index (χ4n) is 3.59. The summed E-state index contributed by atoms with van der Waals surface area (Å²) in [6.07, 6.45) is 0. The molecular weight excluding hydrogens is 538 g/mol. The maximum atomic E-state index is 12.7. The molecule has 1 aromatic heterocycles. The second-order valence-corrected chi connectivity index (χ2v) is 10.3. The van der Waals surface area contributed by atoms with Crippen LogP contribution in [0.25, 0.3) is 5.69 Å². The topological polar surface area (TPSA) is 88.9 Å². The van der Waals surface area contributed by atoms with Crippen LogP contribution in [0, 0.1) is 20.8 Å². The number of aryl methyl sites for hydroxylation is 3. The Morgan fingerprint density at radius 2 is 1.69 bits per heavy atom. The summed E-state index contributed by atoms with van der Waals surface area (Å²) < 4.78 is 2.80. The van der Waals surface area contributed by atoms with Crippen molar-refractivity contribution in [3.8, 4) is 5.69 Å². The molecule has 0 fully saturated rings. The summed E-state index contributed by atoms with van der Waals surface area (Å²) in [7, 11) is 0. The van der Waals surface area contributed by atoms with Gasteiger partial charge in [0.1, 0.15) is 0 Å². The molecule has 4 aromatic rings. The summed E-state index contributed by atoms with van der Waals surface area (Å²) in [6.45, 7) is 6.08. The van der Waals surface area contributed by atoms with E-state index >= 15 is 0 Å². The number of benzene rings is 3. The largest absolute Gasteiger partial charge is 0.345 e. The number of aromatic nitrogens is 3. The number of anilines is 1. The molecule has 2 N–H and O–H groups in total. The molecule has 0 bridgehead atoms. The second-order valence-electron chi connectivity index (χ2n) is 8.42. The maximum absolute atomic E-state index is 12.7. The van der Waals surface area contributed by atoms with E-state index in [0.29, 0.717) is 16.5 Å². The quantitative estimate of drug-likeness (QED) is 0.272. The van der Waals surface area contributed by atoms with E-state index in [1.165, 1.54) is 11.8 Å². The third-order valence-electron chi connectivity index (χ3n) is 5.47. The summed E-state index contributed by atoms with van der Waals surface area (Å²) in [5.41, 5.74) is 5.32. The highest BCUT2D eigenvalue weighted by Crippen LogP contribution is 2.24. The van der Waals surface area contributed by atoms with Gasteiger partial charge in [-0.1, -0.05) is 57.5 Å². The van der Waals surface area contributed by atoms with E-state index in [9.17, 15) is 9.59 Å². The minimum Gasteiger partial charge on any atom is -0.345 e. The third-order valence-corrected chi connectivity index (χ3v) is 6.93. The molecule has 0 unspecified atom stereocenters. The molecule has 0 aliphatic carbocycles. The molecule has 36 heavy (non-hydrogen) atoms. The lowest BCUT2D eigenvalue weighted by Crippen LogP contribution is -2.24. The normalized spacial score (nSPS) is 10.8. The lowest BCUT2D eigenvalue weighted by molar-refractivity contribution is -0.113. The van der Waals surface area contributed by atoms with Gasteiger partial charge in [0.2, 0.25) is 5.91 Å². The van der Waals surface area contributed by atoms with Gasteiger partial charge in [-0.2, -0.15) is 0 Å². The van der Waals surface area contributed by atoms with Gasteiger partial charge < -0.3 is 10.6 Å². The standard InChI is InChI=1S/C27H26BrN5O2S/c1-17-5-4-6-20(13-17)26(35)29-15-24-31-32-27(33(24)22-11-9-21(28)10-12-22)36-16-25(34)30-23-14-18(2)7-8-19(23)3/h4-14H,15-16H2,1-3H3,(H,29,35)(H,30,34). The molecule has 7 nitrogen and oxygen atoms in total. The number of rotatable bonds is 8. The van der Waals surface area contributed by atoms with Crippen LogP contribution >= 0.6 is 27.7 Å². The molecule has 2 amide bonds. The van der Waals surface area contributed by atoms with E-state index in [1.807, 2.05) is 86.0 Å². The zero-order valence-electron chi connectivity index (χ0n) is 20.2. The summed E-state index contributed by atoms with van der Waals surface area (Å²) in [6, 6.07) is 21.1. The van der Waals surface area contributed by atoms with Crippen LogP contribution in [0.15, 0.2) is 76.4 Å². The minimum atomic E-state index is -0.189. The molecule has 1 heterocycles. The summed E-state index contributed by atoms with van der Waals surface area (Å²) in [5.74, 6) is 0.410. The number of carbonyl (C=O) groups excluding carboxylic acids is 2. The van der Waals surface area contributed by atoms with Crippen molar-refractivity contribution < 1.29 is 9.59 Å². The Balaban J connectivity index is 1.51. The van der Waals surface area contributed by atoms with Crippen molar-refractivity contribution >= 4 is 45.2 Å².